The van der Waals surface area contributed by atoms with Crippen LogP contribution in [-0.4, -0.2) is 67.7 Å². The number of hydrogen-bond acceptors (Lipinski definition) is 4. The zero-order valence-corrected chi connectivity index (χ0v) is 14.0. The Kier molecular flexibility index (Phi) is 8.36. The van der Waals surface area contributed by atoms with Crippen LogP contribution in [-0.2, 0) is 9.53 Å². The molecule has 0 spiro atoms. The Labute approximate surface area is 134 Å². The molecule has 2 rings (SSSR count). The van der Waals surface area contributed by atoms with Gasteiger partial charge in [0.05, 0.1) is 6.61 Å². The van der Waals surface area contributed by atoms with Crippen molar-refractivity contribution in [1.82, 2.24) is 9.80 Å². The van der Waals surface area contributed by atoms with Gasteiger partial charge in [0.1, 0.15) is 6.10 Å². The van der Waals surface area contributed by atoms with Crippen molar-refractivity contribution in [2.24, 2.45) is 11.1 Å². The molecule has 2 aliphatic rings. The summed E-state index contributed by atoms with van der Waals surface area (Å²) in [6.07, 6.45) is 0.721. The van der Waals surface area contributed by atoms with Crippen molar-refractivity contribution < 1.29 is 9.53 Å². The summed E-state index contributed by atoms with van der Waals surface area (Å²) in [5.74, 6) is 0.144. The fourth-order valence-electron chi connectivity index (χ4n) is 2.72. The lowest BCUT2D eigenvalue weighted by molar-refractivity contribution is -0.148. The third-order valence-electron chi connectivity index (χ3n) is 4.24. The molecule has 0 aromatic heterocycles. The minimum absolute atomic E-state index is 0. The van der Waals surface area contributed by atoms with Gasteiger partial charge in [0.2, 0.25) is 0 Å². The monoisotopic (exact) mass is 327 g/mol. The van der Waals surface area contributed by atoms with Gasteiger partial charge in [-0.1, -0.05) is 13.8 Å². The third-order valence-corrected chi connectivity index (χ3v) is 4.24. The molecule has 2 heterocycles. The SMILES string of the molecule is CCN1CCOC(C(=O)N2CCC(C)(CN)C2)C1.Cl.Cl. The Bertz CT molecular complexity index is 316. The molecule has 2 unspecified atom stereocenters. The van der Waals surface area contributed by atoms with Crippen molar-refractivity contribution in [3.05, 3.63) is 0 Å². The first kappa shape index (κ1) is 19.9. The van der Waals surface area contributed by atoms with Gasteiger partial charge < -0.3 is 15.4 Å². The summed E-state index contributed by atoms with van der Waals surface area (Å²) < 4.78 is 5.62. The summed E-state index contributed by atoms with van der Waals surface area (Å²) in [5, 5.41) is 0. The number of nitrogens with zero attached hydrogens (tertiary/aromatic N) is 2. The molecule has 0 radical (unpaired) electrons. The molecular weight excluding hydrogens is 301 g/mol. The van der Waals surface area contributed by atoms with E-state index in [0.29, 0.717) is 13.2 Å². The second kappa shape index (κ2) is 8.39. The van der Waals surface area contributed by atoms with Crippen LogP contribution in [0.15, 0.2) is 0 Å². The summed E-state index contributed by atoms with van der Waals surface area (Å²) in [5.41, 5.74) is 5.87. The molecule has 2 aliphatic heterocycles. The normalized spacial score (nSPS) is 30.6. The number of halogens is 2. The second-order valence-corrected chi connectivity index (χ2v) is 5.78. The number of carbonyl (C=O) groups excluding carboxylic acids is 1. The zero-order valence-electron chi connectivity index (χ0n) is 12.3. The first-order valence-electron chi connectivity index (χ1n) is 6.91. The summed E-state index contributed by atoms with van der Waals surface area (Å²) in [4.78, 5) is 16.6. The number of hydrogen-bond donors (Lipinski definition) is 1. The van der Waals surface area contributed by atoms with Crippen LogP contribution < -0.4 is 5.73 Å². The molecule has 0 aliphatic carbocycles. The number of ether oxygens (including phenoxy) is 1. The van der Waals surface area contributed by atoms with Crippen LogP contribution in [0, 0.1) is 5.41 Å². The van der Waals surface area contributed by atoms with E-state index in [1.165, 1.54) is 0 Å². The first-order chi connectivity index (χ1) is 8.58. The Morgan fingerprint density at radius 2 is 2.10 bits per heavy atom. The van der Waals surface area contributed by atoms with Crippen molar-refractivity contribution in [3.63, 3.8) is 0 Å². The summed E-state index contributed by atoms with van der Waals surface area (Å²) in [7, 11) is 0. The minimum Gasteiger partial charge on any atom is -0.366 e. The van der Waals surface area contributed by atoms with E-state index in [0.717, 1.165) is 39.1 Å². The first-order valence-corrected chi connectivity index (χ1v) is 6.91. The number of nitrogens with two attached hydrogens (primary N) is 1. The highest BCUT2D eigenvalue weighted by Gasteiger charge is 2.38. The van der Waals surface area contributed by atoms with Crippen LogP contribution in [0.4, 0.5) is 0 Å². The molecule has 0 saturated carbocycles. The molecule has 2 fully saturated rings. The van der Waals surface area contributed by atoms with Gasteiger partial charge in [0.25, 0.3) is 5.91 Å². The number of morpholine rings is 1. The highest BCUT2D eigenvalue weighted by Crippen LogP contribution is 2.29. The lowest BCUT2D eigenvalue weighted by Gasteiger charge is -2.33. The number of amides is 1. The van der Waals surface area contributed by atoms with Gasteiger partial charge in [-0.2, -0.15) is 0 Å². The van der Waals surface area contributed by atoms with Crippen molar-refractivity contribution in [2.75, 3.05) is 45.9 Å². The van der Waals surface area contributed by atoms with Gasteiger partial charge in [0, 0.05) is 26.2 Å². The minimum atomic E-state index is -0.279. The standard InChI is InChI=1S/C13H25N3O2.2ClH/c1-3-15-6-7-18-11(8-15)12(17)16-5-4-13(2,9-14)10-16;;/h11H,3-10,14H2,1-2H3;2*1H. The van der Waals surface area contributed by atoms with Crippen LogP contribution in [0.2, 0.25) is 0 Å². The predicted molar refractivity (Wildman–Crippen MR) is 84.7 cm³/mol. The van der Waals surface area contributed by atoms with Gasteiger partial charge in [-0.25, -0.2) is 0 Å². The summed E-state index contributed by atoms with van der Waals surface area (Å²) in [6.45, 7) is 9.80. The molecule has 120 valence electrons. The molecule has 0 aromatic carbocycles. The summed E-state index contributed by atoms with van der Waals surface area (Å²) in [6, 6.07) is 0. The van der Waals surface area contributed by atoms with Crippen LogP contribution in [0.25, 0.3) is 0 Å². The maximum absolute atomic E-state index is 12.4. The molecule has 20 heavy (non-hydrogen) atoms. The van der Waals surface area contributed by atoms with Gasteiger partial charge >= 0.3 is 0 Å². The molecule has 1 amide bonds. The van der Waals surface area contributed by atoms with Crippen molar-refractivity contribution in [2.45, 2.75) is 26.4 Å². The fraction of sp³-hybridized carbons (Fsp3) is 0.923. The average molecular weight is 328 g/mol. The number of rotatable bonds is 3. The molecule has 5 nitrogen and oxygen atoms in total. The van der Waals surface area contributed by atoms with E-state index in [1.54, 1.807) is 0 Å². The average Bonchev–Trinajstić information content (AvgIpc) is 2.81. The number of carbonyl (C=O) groups is 1. The molecular formula is C13H27Cl2N3O2. The highest BCUT2D eigenvalue weighted by atomic mass is 35.5. The van der Waals surface area contributed by atoms with E-state index in [2.05, 4.69) is 18.7 Å². The fourth-order valence-corrected chi connectivity index (χ4v) is 2.72. The third kappa shape index (κ3) is 4.46. The Balaban J connectivity index is 0.00000180. The summed E-state index contributed by atoms with van der Waals surface area (Å²) >= 11 is 0. The lowest BCUT2D eigenvalue weighted by atomic mass is 9.90. The maximum Gasteiger partial charge on any atom is 0.253 e. The zero-order chi connectivity index (χ0) is 13.2. The van der Waals surface area contributed by atoms with Gasteiger partial charge in [-0.15, -0.1) is 24.8 Å². The highest BCUT2D eigenvalue weighted by molar-refractivity contribution is 5.85. The Hall–Kier alpha value is -0.0700. The van der Waals surface area contributed by atoms with Gasteiger partial charge in [0.15, 0.2) is 0 Å². The van der Waals surface area contributed by atoms with Crippen LogP contribution in [0.5, 0.6) is 0 Å². The Morgan fingerprint density at radius 3 is 2.65 bits per heavy atom. The number of likely N-dealkylation sites (N-methyl/N-ethyl adjacent to an activating group) is 1. The Morgan fingerprint density at radius 1 is 1.40 bits per heavy atom. The van der Waals surface area contributed by atoms with Crippen molar-refractivity contribution in [3.8, 4) is 0 Å². The molecule has 2 N–H and O–H groups in total. The van der Waals surface area contributed by atoms with Crippen LogP contribution in [0.1, 0.15) is 20.3 Å². The second-order valence-electron chi connectivity index (χ2n) is 5.78. The van der Waals surface area contributed by atoms with E-state index in [-0.39, 0.29) is 42.2 Å². The van der Waals surface area contributed by atoms with E-state index >= 15 is 0 Å². The lowest BCUT2D eigenvalue weighted by Crippen LogP contribution is -2.50. The smallest absolute Gasteiger partial charge is 0.253 e. The topological polar surface area (TPSA) is 58.8 Å². The molecule has 0 aromatic rings. The van der Waals surface area contributed by atoms with Crippen molar-refractivity contribution >= 4 is 30.7 Å². The van der Waals surface area contributed by atoms with Crippen LogP contribution in [0.3, 0.4) is 0 Å². The predicted octanol–water partition coefficient (Wildman–Crippen LogP) is 0.748. The van der Waals surface area contributed by atoms with E-state index in [1.807, 2.05) is 4.90 Å². The molecule has 0 bridgehead atoms. The number of likely N-dealkylation sites (tertiary alicyclic amines) is 1. The van der Waals surface area contributed by atoms with Gasteiger partial charge in [-0.05, 0) is 24.9 Å². The van der Waals surface area contributed by atoms with E-state index < -0.39 is 0 Å². The molecule has 2 atom stereocenters. The maximum atomic E-state index is 12.4. The van der Waals surface area contributed by atoms with E-state index in [4.69, 9.17) is 10.5 Å². The van der Waals surface area contributed by atoms with E-state index in [9.17, 15) is 4.79 Å². The molecule has 7 heteroatoms. The van der Waals surface area contributed by atoms with Crippen LogP contribution >= 0.6 is 24.8 Å². The van der Waals surface area contributed by atoms with Gasteiger partial charge in [-0.3, -0.25) is 9.69 Å². The largest absolute Gasteiger partial charge is 0.366 e. The quantitative estimate of drug-likeness (QED) is 0.831. The molecule has 2 saturated heterocycles. The van der Waals surface area contributed by atoms with Crippen molar-refractivity contribution in [1.29, 1.82) is 0 Å².